The number of alkyl halides is 3. The molecule has 0 saturated heterocycles. The van der Waals surface area contributed by atoms with Crippen LogP contribution >= 0.6 is 0 Å². The van der Waals surface area contributed by atoms with Crippen molar-refractivity contribution in [2.24, 2.45) is 0 Å². The van der Waals surface area contributed by atoms with E-state index in [9.17, 15) is 13.2 Å². The predicted octanol–water partition coefficient (Wildman–Crippen LogP) is 4.70. The third-order valence-electron chi connectivity index (χ3n) is 4.32. The van der Waals surface area contributed by atoms with Crippen molar-refractivity contribution in [2.75, 3.05) is 5.32 Å². The molecule has 1 aliphatic rings. The van der Waals surface area contributed by atoms with Crippen molar-refractivity contribution in [1.29, 1.82) is 0 Å². The largest absolute Gasteiger partial charge is 0.410 e. The summed E-state index contributed by atoms with van der Waals surface area (Å²) in [6, 6.07) is 13.0. The maximum Gasteiger partial charge on any atom is 0.410 e. The Hall–Kier alpha value is -2.50. The predicted molar refractivity (Wildman–Crippen MR) is 82.2 cm³/mol. The molecule has 6 heteroatoms. The SMILES string of the molecule is FC(F)(F)[C@@H]1C[C@@H](c2cccc3ccccc23)Nc2ccnn21. The molecule has 2 atom stereocenters. The number of nitrogens with one attached hydrogen (secondary N) is 1. The standard InChI is InChI=1S/C17H14F3N3/c18-17(19,20)15-10-14(22-16-8-9-21-23(15)16)13-7-3-5-11-4-1-2-6-12(11)13/h1-9,14-15,22H,10H2/t14-,15-/m0/s1. The van der Waals surface area contributed by atoms with Gasteiger partial charge in [-0.15, -0.1) is 0 Å². The summed E-state index contributed by atoms with van der Waals surface area (Å²) >= 11 is 0. The van der Waals surface area contributed by atoms with Crippen LogP contribution in [0.5, 0.6) is 0 Å². The number of hydrogen-bond acceptors (Lipinski definition) is 2. The lowest BCUT2D eigenvalue weighted by Gasteiger charge is -2.34. The van der Waals surface area contributed by atoms with E-state index in [1.165, 1.54) is 6.20 Å². The fraction of sp³-hybridized carbons (Fsp3) is 0.235. The number of fused-ring (bicyclic) bond motifs is 2. The highest BCUT2D eigenvalue weighted by atomic mass is 19.4. The summed E-state index contributed by atoms with van der Waals surface area (Å²) in [7, 11) is 0. The summed E-state index contributed by atoms with van der Waals surface area (Å²) in [6.07, 6.45) is -3.01. The zero-order chi connectivity index (χ0) is 16.0. The van der Waals surface area contributed by atoms with Crippen molar-refractivity contribution in [1.82, 2.24) is 9.78 Å². The third-order valence-corrected chi connectivity index (χ3v) is 4.32. The van der Waals surface area contributed by atoms with Gasteiger partial charge in [-0.25, -0.2) is 4.68 Å². The maximum absolute atomic E-state index is 13.4. The summed E-state index contributed by atoms with van der Waals surface area (Å²) in [5.74, 6) is 0.400. The Morgan fingerprint density at radius 2 is 1.83 bits per heavy atom. The van der Waals surface area contributed by atoms with Crippen LogP contribution in [0.3, 0.4) is 0 Å². The molecule has 0 amide bonds. The molecule has 2 heterocycles. The maximum atomic E-state index is 13.4. The molecule has 0 radical (unpaired) electrons. The molecule has 3 aromatic rings. The fourth-order valence-corrected chi connectivity index (χ4v) is 3.27. The van der Waals surface area contributed by atoms with E-state index < -0.39 is 18.3 Å². The average Bonchev–Trinajstić information content (AvgIpc) is 3.00. The molecule has 0 unspecified atom stereocenters. The molecule has 0 bridgehead atoms. The third kappa shape index (κ3) is 2.34. The number of anilines is 1. The van der Waals surface area contributed by atoms with E-state index >= 15 is 0 Å². The number of aromatic nitrogens is 2. The van der Waals surface area contributed by atoms with Crippen molar-refractivity contribution in [3.8, 4) is 0 Å². The fourth-order valence-electron chi connectivity index (χ4n) is 3.27. The van der Waals surface area contributed by atoms with Crippen LogP contribution in [0.4, 0.5) is 19.0 Å². The van der Waals surface area contributed by atoms with Gasteiger partial charge < -0.3 is 5.32 Å². The van der Waals surface area contributed by atoms with Gasteiger partial charge in [-0.3, -0.25) is 0 Å². The van der Waals surface area contributed by atoms with E-state index in [4.69, 9.17) is 0 Å². The number of benzene rings is 2. The first-order valence-electron chi connectivity index (χ1n) is 7.38. The molecular weight excluding hydrogens is 303 g/mol. The first-order valence-corrected chi connectivity index (χ1v) is 7.38. The van der Waals surface area contributed by atoms with Crippen molar-refractivity contribution in [3.05, 3.63) is 60.3 Å². The number of hydrogen-bond donors (Lipinski definition) is 1. The normalized spacial score (nSPS) is 21.0. The smallest absolute Gasteiger partial charge is 0.363 e. The Bertz CT molecular complexity index is 848. The van der Waals surface area contributed by atoms with E-state index in [0.29, 0.717) is 5.82 Å². The highest BCUT2D eigenvalue weighted by Crippen LogP contribution is 2.44. The first kappa shape index (κ1) is 14.1. The molecule has 0 fully saturated rings. The molecule has 1 N–H and O–H groups in total. The lowest BCUT2D eigenvalue weighted by Crippen LogP contribution is -2.35. The van der Waals surface area contributed by atoms with Crippen LogP contribution in [0.25, 0.3) is 10.8 Å². The zero-order valence-corrected chi connectivity index (χ0v) is 12.1. The molecule has 0 spiro atoms. The molecule has 1 aromatic heterocycles. The lowest BCUT2D eigenvalue weighted by atomic mass is 9.93. The van der Waals surface area contributed by atoms with E-state index in [1.54, 1.807) is 6.07 Å². The van der Waals surface area contributed by atoms with E-state index in [1.807, 2.05) is 42.5 Å². The molecule has 118 valence electrons. The van der Waals surface area contributed by atoms with E-state index in [-0.39, 0.29) is 6.42 Å². The van der Waals surface area contributed by atoms with Gasteiger partial charge in [0.2, 0.25) is 0 Å². The second kappa shape index (κ2) is 5.01. The van der Waals surface area contributed by atoms with Crippen molar-refractivity contribution in [3.63, 3.8) is 0 Å². The van der Waals surface area contributed by atoms with Crippen LogP contribution in [-0.4, -0.2) is 16.0 Å². The molecular formula is C17H14F3N3. The highest BCUT2D eigenvalue weighted by Gasteiger charge is 2.46. The van der Waals surface area contributed by atoms with Gasteiger partial charge in [0.25, 0.3) is 0 Å². The van der Waals surface area contributed by atoms with Crippen molar-refractivity contribution in [2.45, 2.75) is 24.7 Å². The first-order chi connectivity index (χ1) is 11.0. The minimum Gasteiger partial charge on any atom is -0.363 e. The van der Waals surface area contributed by atoms with Crippen molar-refractivity contribution >= 4 is 16.6 Å². The molecule has 3 nitrogen and oxygen atoms in total. The number of rotatable bonds is 1. The van der Waals surface area contributed by atoms with Crippen LogP contribution in [-0.2, 0) is 0 Å². The van der Waals surface area contributed by atoms with Crippen LogP contribution in [0.15, 0.2) is 54.7 Å². The van der Waals surface area contributed by atoms with Gasteiger partial charge in [-0.1, -0.05) is 42.5 Å². The number of halogens is 3. The summed E-state index contributed by atoms with van der Waals surface area (Å²) in [5, 5.41) is 9.01. The second-order valence-corrected chi connectivity index (χ2v) is 5.72. The minimum absolute atomic E-state index is 0.0772. The molecule has 1 aliphatic heterocycles. The quantitative estimate of drug-likeness (QED) is 0.705. The molecule has 0 saturated carbocycles. The summed E-state index contributed by atoms with van der Waals surface area (Å²) < 4.78 is 41.3. The Kier molecular flexibility index (Phi) is 3.07. The Morgan fingerprint density at radius 1 is 1.04 bits per heavy atom. The molecule has 2 aromatic carbocycles. The second-order valence-electron chi connectivity index (χ2n) is 5.72. The van der Waals surface area contributed by atoms with E-state index in [0.717, 1.165) is 21.0 Å². The van der Waals surface area contributed by atoms with Gasteiger partial charge in [-0.2, -0.15) is 18.3 Å². The van der Waals surface area contributed by atoms with Gasteiger partial charge in [0.1, 0.15) is 5.82 Å². The summed E-state index contributed by atoms with van der Waals surface area (Å²) in [6.45, 7) is 0. The van der Waals surface area contributed by atoms with Gasteiger partial charge in [-0.05, 0) is 16.3 Å². The van der Waals surface area contributed by atoms with Gasteiger partial charge in [0, 0.05) is 12.5 Å². The zero-order valence-electron chi connectivity index (χ0n) is 12.1. The Balaban J connectivity index is 1.81. The highest BCUT2D eigenvalue weighted by molar-refractivity contribution is 5.86. The molecule has 0 aliphatic carbocycles. The topological polar surface area (TPSA) is 29.9 Å². The number of nitrogens with zero attached hydrogens (tertiary/aromatic N) is 2. The minimum atomic E-state index is -4.33. The van der Waals surface area contributed by atoms with Gasteiger partial charge >= 0.3 is 6.18 Å². The lowest BCUT2D eigenvalue weighted by molar-refractivity contribution is -0.173. The average molecular weight is 317 g/mol. The summed E-state index contributed by atoms with van der Waals surface area (Å²) in [4.78, 5) is 0. The Morgan fingerprint density at radius 3 is 2.65 bits per heavy atom. The molecule has 23 heavy (non-hydrogen) atoms. The van der Waals surface area contributed by atoms with Crippen LogP contribution in [0.1, 0.15) is 24.1 Å². The van der Waals surface area contributed by atoms with Crippen LogP contribution in [0, 0.1) is 0 Å². The Labute approximate surface area is 130 Å². The van der Waals surface area contributed by atoms with Gasteiger partial charge in [0.05, 0.1) is 12.2 Å². The van der Waals surface area contributed by atoms with Gasteiger partial charge in [0.15, 0.2) is 6.04 Å². The van der Waals surface area contributed by atoms with Crippen LogP contribution < -0.4 is 5.32 Å². The van der Waals surface area contributed by atoms with E-state index in [2.05, 4.69) is 10.4 Å². The molecule has 4 rings (SSSR count). The van der Waals surface area contributed by atoms with Crippen LogP contribution in [0.2, 0.25) is 0 Å². The van der Waals surface area contributed by atoms with Crippen molar-refractivity contribution < 1.29 is 13.2 Å². The monoisotopic (exact) mass is 317 g/mol. The summed E-state index contributed by atoms with van der Waals surface area (Å²) in [5.41, 5.74) is 0.879.